The summed E-state index contributed by atoms with van der Waals surface area (Å²) in [4.78, 5) is 11.4. The first-order valence-corrected chi connectivity index (χ1v) is 5.96. The quantitative estimate of drug-likeness (QED) is 0.791. The van der Waals surface area contributed by atoms with Crippen LogP contribution in [0.3, 0.4) is 0 Å². The van der Waals surface area contributed by atoms with Crippen molar-refractivity contribution >= 4 is 11.7 Å². The number of anilines is 1. The zero-order chi connectivity index (χ0) is 13.1. The number of fused-ring (bicyclic) bond motifs is 1. The molecule has 2 atom stereocenters. The first kappa shape index (κ1) is 12.7. The van der Waals surface area contributed by atoms with Gasteiger partial charge in [-0.15, -0.1) is 0 Å². The molecule has 2 unspecified atom stereocenters. The number of hydrogen-bond acceptors (Lipinski definition) is 5. The minimum atomic E-state index is -0.343. The van der Waals surface area contributed by atoms with Crippen LogP contribution >= 0.6 is 0 Å². The predicted molar refractivity (Wildman–Crippen MR) is 69.2 cm³/mol. The van der Waals surface area contributed by atoms with Crippen molar-refractivity contribution in [1.82, 2.24) is 5.32 Å². The minimum Gasteiger partial charge on any atom is -0.485 e. The molecule has 1 aliphatic rings. The molecule has 0 amide bonds. The molecule has 5 nitrogen and oxygen atoms in total. The third-order valence-corrected chi connectivity index (χ3v) is 3.03. The molecule has 0 bridgehead atoms. The van der Waals surface area contributed by atoms with Gasteiger partial charge in [0.15, 0.2) is 0 Å². The third kappa shape index (κ3) is 2.41. The lowest BCUT2D eigenvalue weighted by Gasteiger charge is -2.33. The van der Waals surface area contributed by atoms with Crippen molar-refractivity contribution in [3.63, 3.8) is 0 Å². The molecule has 1 aromatic carbocycles. The highest BCUT2D eigenvalue weighted by Gasteiger charge is 2.26. The predicted octanol–water partition coefficient (Wildman–Crippen LogP) is 1.25. The van der Waals surface area contributed by atoms with E-state index in [0.717, 1.165) is 18.0 Å². The topological polar surface area (TPSA) is 59.6 Å². The summed E-state index contributed by atoms with van der Waals surface area (Å²) in [6.07, 6.45) is 0.0754. The van der Waals surface area contributed by atoms with Crippen molar-refractivity contribution in [2.24, 2.45) is 0 Å². The number of esters is 1. The van der Waals surface area contributed by atoms with Gasteiger partial charge in [0, 0.05) is 6.54 Å². The molecule has 1 aliphatic heterocycles. The zero-order valence-corrected chi connectivity index (χ0v) is 10.8. The number of ether oxygens (including phenoxy) is 2. The first-order chi connectivity index (χ1) is 8.65. The Hall–Kier alpha value is -1.75. The largest absolute Gasteiger partial charge is 0.485 e. The van der Waals surface area contributed by atoms with E-state index >= 15 is 0 Å². The van der Waals surface area contributed by atoms with Crippen LogP contribution in [0.25, 0.3) is 0 Å². The Bertz CT molecular complexity index is 448. The van der Waals surface area contributed by atoms with Crippen LogP contribution in [0.4, 0.5) is 5.69 Å². The fraction of sp³-hybridized carbons (Fsp3) is 0.462. The lowest BCUT2D eigenvalue weighted by molar-refractivity contribution is 0.0600. The highest BCUT2D eigenvalue weighted by molar-refractivity contribution is 5.91. The molecule has 2 N–H and O–H groups in total. The van der Waals surface area contributed by atoms with Gasteiger partial charge in [0.1, 0.15) is 11.9 Å². The molecule has 0 saturated carbocycles. The summed E-state index contributed by atoms with van der Waals surface area (Å²) in [7, 11) is 3.27. The molecule has 0 saturated heterocycles. The summed E-state index contributed by atoms with van der Waals surface area (Å²) < 4.78 is 10.6. The van der Waals surface area contributed by atoms with Gasteiger partial charge < -0.3 is 20.1 Å². The van der Waals surface area contributed by atoms with E-state index in [1.54, 1.807) is 18.2 Å². The second kappa shape index (κ2) is 5.27. The van der Waals surface area contributed by atoms with Gasteiger partial charge in [0.2, 0.25) is 0 Å². The van der Waals surface area contributed by atoms with Gasteiger partial charge in [-0.05, 0) is 32.2 Å². The number of benzene rings is 1. The average Bonchev–Trinajstić information content (AvgIpc) is 2.38. The summed E-state index contributed by atoms with van der Waals surface area (Å²) in [5.41, 5.74) is 1.35. The fourth-order valence-corrected chi connectivity index (χ4v) is 2.01. The van der Waals surface area contributed by atoms with E-state index in [4.69, 9.17) is 9.47 Å². The number of nitrogens with one attached hydrogen (secondary N) is 2. The summed E-state index contributed by atoms with van der Waals surface area (Å²) in [6.45, 7) is 2.82. The molecule has 0 spiro atoms. The van der Waals surface area contributed by atoms with Crippen LogP contribution in [0.2, 0.25) is 0 Å². The molecule has 18 heavy (non-hydrogen) atoms. The number of hydrogen-bond donors (Lipinski definition) is 2. The van der Waals surface area contributed by atoms with Gasteiger partial charge in [-0.25, -0.2) is 4.79 Å². The molecule has 0 aliphatic carbocycles. The maximum Gasteiger partial charge on any atom is 0.337 e. The smallest absolute Gasteiger partial charge is 0.337 e. The Morgan fingerprint density at radius 3 is 3.00 bits per heavy atom. The van der Waals surface area contributed by atoms with Gasteiger partial charge in [-0.2, -0.15) is 0 Å². The number of methoxy groups -OCH3 is 1. The highest BCUT2D eigenvalue weighted by atomic mass is 16.5. The molecule has 0 aromatic heterocycles. The summed E-state index contributed by atoms with van der Waals surface area (Å²) >= 11 is 0. The van der Waals surface area contributed by atoms with Crippen LogP contribution in [0.5, 0.6) is 5.75 Å². The molecule has 5 heteroatoms. The molecular formula is C13H18N2O3. The van der Waals surface area contributed by atoms with Gasteiger partial charge >= 0.3 is 5.97 Å². The molecule has 2 rings (SSSR count). The number of likely N-dealkylation sites (N-methyl/N-ethyl adjacent to an activating group) is 1. The fourth-order valence-electron chi connectivity index (χ4n) is 2.01. The Morgan fingerprint density at radius 2 is 2.33 bits per heavy atom. The molecule has 98 valence electrons. The third-order valence-electron chi connectivity index (χ3n) is 3.03. The van der Waals surface area contributed by atoms with Gasteiger partial charge in [-0.1, -0.05) is 0 Å². The van der Waals surface area contributed by atoms with E-state index in [0.29, 0.717) is 5.56 Å². The molecule has 1 heterocycles. The lowest BCUT2D eigenvalue weighted by atomic mass is 10.1. The van der Waals surface area contributed by atoms with Crippen molar-refractivity contribution in [1.29, 1.82) is 0 Å². The number of carbonyl (C=O) groups is 1. The first-order valence-electron chi connectivity index (χ1n) is 5.96. The van der Waals surface area contributed by atoms with Gasteiger partial charge in [0.05, 0.1) is 24.4 Å². The van der Waals surface area contributed by atoms with E-state index in [1.165, 1.54) is 7.11 Å². The Labute approximate surface area is 106 Å². The number of carbonyl (C=O) groups excluding carboxylic acids is 1. The second-order valence-corrected chi connectivity index (χ2v) is 4.35. The summed E-state index contributed by atoms with van der Waals surface area (Å²) in [5, 5.41) is 6.44. The van der Waals surface area contributed by atoms with Crippen molar-refractivity contribution in [2.45, 2.75) is 19.1 Å². The monoisotopic (exact) mass is 250 g/mol. The second-order valence-electron chi connectivity index (χ2n) is 4.35. The van der Waals surface area contributed by atoms with Crippen LogP contribution in [0.15, 0.2) is 18.2 Å². The molecule has 1 aromatic rings. The Morgan fingerprint density at radius 1 is 1.56 bits per heavy atom. The van der Waals surface area contributed by atoms with E-state index in [9.17, 15) is 4.79 Å². The maximum absolute atomic E-state index is 11.4. The van der Waals surface area contributed by atoms with Crippen molar-refractivity contribution in [3.8, 4) is 5.75 Å². The van der Waals surface area contributed by atoms with Crippen molar-refractivity contribution < 1.29 is 14.3 Å². The number of rotatable bonds is 3. The Kier molecular flexibility index (Phi) is 3.72. The van der Waals surface area contributed by atoms with Crippen LogP contribution in [-0.2, 0) is 4.74 Å². The van der Waals surface area contributed by atoms with Crippen molar-refractivity contribution in [2.75, 3.05) is 26.0 Å². The molecular weight excluding hydrogens is 232 g/mol. The van der Waals surface area contributed by atoms with Crippen molar-refractivity contribution in [3.05, 3.63) is 23.8 Å². The maximum atomic E-state index is 11.4. The summed E-state index contributed by atoms with van der Waals surface area (Å²) in [6, 6.07) is 5.44. The average molecular weight is 250 g/mol. The van der Waals surface area contributed by atoms with Gasteiger partial charge in [-0.3, -0.25) is 0 Å². The molecule has 0 fully saturated rings. The standard InChI is InChI=1S/C13H18N2O3/c1-8-12(7-14-2)18-11-5-4-9(13(16)17-3)6-10(11)15-8/h4-6,8,12,14-15H,7H2,1-3H3. The van der Waals surface area contributed by atoms with Crippen LogP contribution in [0.1, 0.15) is 17.3 Å². The highest BCUT2D eigenvalue weighted by Crippen LogP contribution is 2.32. The van der Waals surface area contributed by atoms with Crippen LogP contribution < -0.4 is 15.4 Å². The SMILES string of the molecule is CNCC1Oc2ccc(C(=O)OC)cc2NC1C. The summed E-state index contributed by atoms with van der Waals surface area (Å²) in [5.74, 6) is 0.422. The van der Waals surface area contributed by atoms with Gasteiger partial charge in [0.25, 0.3) is 0 Å². The van der Waals surface area contributed by atoms with E-state index in [-0.39, 0.29) is 18.1 Å². The van der Waals surface area contributed by atoms with E-state index in [1.807, 2.05) is 7.05 Å². The molecule has 0 radical (unpaired) electrons. The van der Waals surface area contributed by atoms with Crippen LogP contribution in [-0.4, -0.2) is 38.8 Å². The minimum absolute atomic E-state index is 0.0754. The normalized spacial score (nSPS) is 21.5. The lowest BCUT2D eigenvalue weighted by Crippen LogP contribution is -2.45. The van der Waals surface area contributed by atoms with E-state index in [2.05, 4.69) is 17.6 Å². The Balaban J connectivity index is 2.23. The van der Waals surface area contributed by atoms with E-state index < -0.39 is 0 Å². The van der Waals surface area contributed by atoms with Crippen LogP contribution in [0, 0.1) is 0 Å². The zero-order valence-electron chi connectivity index (χ0n) is 10.8.